The topological polar surface area (TPSA) is 58.2 Å². The molecule has 0 bridgehead atoms. The molecule has 0 radical (unpaired) electrons. The molecule has 2 heterocycles. The fourth-order valence-corrected chi connectivity index (χ4v) is 5.31. The number of nitrogens with one attached hydrogen (secondary N) is 2. The van der Waals surface area contributed by atoms with Crippen molar-refractivity contribution < 1.29 is 8.42 Å². The molecule has 8 heteroatoms. The smallest absolute Gasteiger partial charge is 0.250 e. The first-order chi connectivity index (χ1) is 7.99. The summed E-state index contributed by atoms with van der Waals surface area (Å²) >= 11 is 4.60. The third-order valence-electron chi connectivity index (χ3n) is 2.72. The van der Waals surface area contributed by atoms with Gasteiger partial charge in [-0.05, 0) is 53.9 Å². The average Bonchev–Trinajstić information content (AvgIpc) is 2.61. The number of thiophene rings is 1. The third kappa shape index (κ3) is 3.91. The Morgan fingerprint density at radius 1 is 1.56 bits per heavy atom. The molecular formula is C10H16BrClN2O2S2. The fraction of sp³-hybridized carbons (Fsp3) is 0.600. The van der Waals surface area contributed by atoms with Crippen LogP contribution in [0.15, 0.2) is 14.1 Å². The van der Waals surface area contributed by atoms with Gasteiger partial charge in [-0.15, -0.1) is 23.7 Å². The highest BCUT2D eigenvalue weighted by Crippen LogP contribution is 2.30. The van der Waals surface area contributed by atoms with E-state index in [9.17, 15) is 8.42 Å². The zero-order valence-electron chi connectivity index (χ0n) is 9.90. The quantitative estimate of drug-likeness (QED) is 0.852. The van der Waals surface area contributed by atoms with E-state index in [0.717, 1.165) is 28.7 Å². The zero-order valence-corrected chi connectivity index (χ0v) is 13.9. The molecule has 1 aliphatic heterocycles. The molecule has 1 aromatic heterocycles. The molecule has 0 unspecified atom stereocenters. The first kappa shape index (κ1) is 16.4. The number of halogens is 2. The number of hydrogen-bond donors (Lipinski definition) is 2. The van der Waals surface area contributed by atoms with E-state index in [0.29, 0.717) is 10.8 Å². The van der Waals surface area contributed by atoms with E-state index in [1.54, 1.807) is 6.07 Å². The first-order valence-electron chi connectivity index (χ1n) is 5.48. The predicted octanol–water partition coefficient (Wildman–Crippen LogP) is 2.27. The second-order valence-corrected chi connectivity index (χ2v) is 8.50. The number of aryl methyl sites for hydroxylation is 1. The highest BCUT2D eigenvalue weighted by atomic mass is 79.9. The Balaban J connectivity index is 0.00000162. The minimum atomic E-state index is -3.36. The molecule has 1 saturated heterocycles. The van der Waals surface area contributed by atoms with Crippen molar-refractivity contribution in [2.24, 2.45) is 0 Å². The van der Waals surface area contributed by atoms with Crippen molar-refractivity contribution in [3.8, 4) is 0 Å². The van der Waals surface area contributed by atoms with Crippen LogP contribution in [-0.4, -0.2) is 27.5 Å². The maximum atomic E-state index is 12.1. The molecule has 0 spiro atoms. The predicted molar refractivity (Wildman–Crippen MR) is 80.2 cm³/mol. The summed E-state index contributed by atoms with van der Waals surface area (Å²) in [4.78, 5) is 0. The van der Waals surface area contributed by atoms with Crippen LogP contribution in [0.25, 0.3) is 0 Å². The van der Waals surface area contributed by atoms with E-state index >= 15 is 0 Å². The molecule has 2 rings (SSSR count). The number of rotatable bonds is 3. The molecule has 4 nitrogen and oxygen atoms in total. The van der Waals surface area contributed by atoms with E-state index < -0.39 is 10.0 Å². The van der Waals surface area contributed by atoms with E-state index in [4.69, 9.17) is 0 Å². The van der Waals surface area contributed by atoms with Crippen molar-refractivity contribution in [3.05, 3.63) is 15.4 Å². The molecule has 0 aromatic carbocycles. The van der Waals surface area contributed by atoms with Crippen molar-refractivity contribution in [3.63, 3.8) is 0 Å². The van der Waals surface area contributed by atoms with Gasteiger partial charge in [0.25, 0.3) is 0 Å². The van der Waals surface area contributed by atoms with Crippen LogP contribution in [0.2, 0.25) is 0 Å². The second-order valence-electron chi connectivity index (χ2n) is 4.19. The molecule has 0 saturated carbocycles. The van der Waals surface area contributed by atoms with Crippen LogP contribution in [-0.2, 0) is 10.0 Å². The van der Waals surface area contributed by atoms with Gasteiger partial charge in [0.1, 0.15) is 4.21 Å². The summed E-state index contributed by atoms with van der Waals surface area (Å²) in [6, 6.07) is 1.71. The normalized spacial score (nSPS) is 20.4. The summed E-state index contributed by atoms with van der Waals surface area (Å²) < 4.78 is 28.2. The van der Waals surface area contributed by atoms with Gasteiger partial charge >= 0.3 is 0 Å². The summed E-state index contributed by atoms with van der Waals surface area (Å²) in [6.45, 7) is 3.58. The lowest BCUT2D eigenvalue weighted by atomic mass is 10.1. The van der Waals surface area contributed by atoms with Crippen LogP contribution in [0.3, 0.4) is 0 Å². The van der Waals surface area contributed by atoms with Crippen molar-refractivity contribution in [1.82, 2.24) is 10.0 Å². The molecule has 0 aliphatic carbocycles. The summed E-state index contributed by atoms with van der Waals surface area (Å²) in [5.74, 6) is 0. The average molecular weight is 376 g/mol. The molecule has 18 heavy (non-hydrogen) atoms. The molecule has 1 fully saturated rings. The van der Waals surface area contributed by atoms with E-state index in [-0.39, 0.29) is 18.4 Å². The van der Waals surface area contributed by atoms with Gasteiger partial charge in [-0.3, -0.25) is 0 Å². The first-order valence-corrected chi connectivity index (χ1v) is 8.57. The van der Waals surface area contributed by atoms with Crippen LogP contribution in [0.1, 0.15) is 18.4 Å². The van der Waals surface area contributed by atoms with Gasteiger partial charge in [-0.2, -0.15) is 0 Å². The maximum Gasteiger partial charge on any atom is 0.250 e. The van der Waals surface area contributed by atoms with Crippen LogP contribution in [0, 0.1) is 6.92 Å². The van der Waals surface area contributed by atoms with Crippen molar-refractivity contribution >= 4 is 49.7 Å². The largest absolute Gasteiger partial charge is 0.315 e. The second kappa shape index (κ2) is 6.67. The molecule has 1 atom stereocenters. The van der Waals surface area contributed by atoms with Gasteiger partial charge in [0, 0.05) is 12.6 Å². The molecule has 0 amide bonds. The van der Waals surface area contributed by atoms with Gasteiger partial charge in [-0.1, -0.05) is 0 Å². The fourth-order valence-electron chi connectivity index (χ4n) is 1.79. The summed E-state index contributed by atoms with van der Waals surface area (Å²) in [5, 5.41) is 3.19. The Hall–Kier alpha value is 0.340. The van der Waals surface area contributed by atoms with E-state index in [1.165, 1.54) is 11.3 Å². The molecule has 2 N–H and O–H groups in total. The van der Waals surface area contributed by atoms with Crippen molar-refractivity contribution in [1.29, 1.82) is 0 Å². The highest BCUT2D eigenvalue weighted by molar-refractivity contribution is 9.11. The lowest BCUT2D eigenvalue weighted by Gasteiger charge is -2.23. The minimum Gasteiger partial charge on any atom is -0.315 e. The lowest BCUT2D eigenvalue weighted by Crippen LogP contribution is -2.45. The van der Waals surface area contributed by atoms with Gasteiger partial charge in [0.2, 0.25) is 10.0 Å². The Morgan fingerprint density at radius 3 is 2.78 bits per heavy atom. The van der Waals surface area contributed by atoms with E-state index in [1.807, 2.05) is 6.92 Å². The third-order valence-corrected chi connectivity index (χ3v) is 6.85. The number of hydrogen-bond acceptors (Lipinski definition) is 4. The van der Waals surface area contributed by atoms with Crippen LogP contribution in [0.5, 0.6) is 0 Å². The van der Waals surface area contributed by atoms with Crippen molar-refractivity contribution in [2.45, 2.75) is 30.0 Å². The Morgan fingerprint density at radius 2 is 2.28 bits per heavy atom. The maximum absolute atomic E-state index is 12.1. The Bertz CT molecular complexity index is 478. The summed E-state index contributed by atoms with van der Waals surface area (Å²) in [6.07, 6.45) is 1.91. The standard InChI is InChI=1S/C10H15BrN2O2S2.ClH/c1-7-5-9(16-10(7)11)17(14,15)13-8-3-2-4-12-6-8;/h5,8,12-13H,2-4,6H2,1H3;1H/t8-;/m0./s1. The van der Waals surface area contributed by atoms with Gasteiger partial charge in [0.15, 0.2) is 0 Å². The zero-order chi connectivity index (χ0) is 12.5. The molecule has 1 aromatic rings. The van der Waals surface area contributed by atoms with Crippen molar-refractivity contribution in [2.75, 3.05) is 13.1 Å². The van der Waals surface area contributed by atoms with E-state index in [2.05, 4.69) is 26.0 Å². The highest BCUT2D eigenvalue weighted by Gasteiger charge is 2.23. The molecule has 1 aliphatic rings. The molecule has 104 valence electrons. The SMILES string of the molecule is Cc1cc(S(=O)(=O)N[C@H]2CCCNC2)sc1Br.Cl. The summed E-state index contributed by atoms with van der Waals surface area (Å²) in [7, 11) is -3.36. The van der Waals surface area contributed by atoms with Gasteiger partial charge in [-0.25, -0.2) is 13.1 Å². The Labute approximate surface area is 126 Å². The number of sulfonamides is 1. The number of piperidine rings is 1. The van der Waals surface area contributed by atoms with Crippen LogP contribution < -0.4 is 10.0 Å². The van der Waals surface area contributed by atoms with Gasteiger partial charge in [0.05, 0.1) is 3.79 Å². The van der Waals surface area contributed by atoms with Crippen LogP contribution >= 0.6 is 39.7 Å². The Kier molecular flexibility index (Phi) is 6.08. The van der Waals surface area contributed by atoms with Crippen LogP contribution in [0.4, 0.5) is 0 Å². The minimum absolute atomic E-state index is 0. The monoisotopic (exact) mass is 374 g/mol. The van der Waals surface area contributed by atoms with Gasteiger partial charge < -0.3 is 5.32 Å². The summed E-state index contributed by atoms with van der Waals surface area (Å²) in [5.41, 5.74) is 0.956. The molecular weight excluding hydrogens is 360 g/mol. The lowest BCUT2D eigenvalue weighted by molar-refractivity contribution is 0.429.